The van der Waals surface area contributed by atoms with Crippen molar-refractivity contribution in [2.75, 3.05) is 13.2 Å². The van der Waals surface area contributed by atoms with Crippen molar-refractivity contribution in [3.05, 3.63) is 33.9 Å². The van der Waals surface area contributed by atoms with Crippen molar-refractivity contribution in [1.82, 2.24) is 0 Å². The van der Waals surface area contributed by atoms with Crippen LogP contribution in [0.1, 0.15) is 24.8 Å². The summed E-state index contributed by atoms with van der Waals surface area (Å²) in [5.74, 6) is 0.354. The summed E-state index contributed by atoms with van der Waals surface area (Å²) >= 11 is 0. The SMILES string of the molecule is N#Cc1cc([N+](=O)[O-])ccc1OCCCCCO. The van der Waals surface area contributed by atoms with Crippen molar-refractivity contribution in [2.24, 2.45) is 0 Å². The van der Waals surface area contributed by atoms with E-state index in [0.717, 1.165) is 12.8 Å². The van der Waals surface area contributed by atoms with Gasteiger partial charge in [-0.1, -0.05) is 0 Å². The average Bonchev–Trinajstić information content (AvgIpc) is 2.38. The van der Waals surface area contributed by atoms with Gasteiger partial charge < -0.3 is 9.84 Å². The number of unbranched alkanes of at least 4 members (excludes halogenated alkanes) is 2. The molecule has 1 aromatic rings. The molecule has 0 fully saturated rings. The molecular weight excluding hydrogens is 236 g/mol. The third-order valence-electron chi connectivity index (χ3n) is 2.35. The van der Waals surface area contributed by atoms with E-state index in [2.05, 4.69) is 0 Å². The van der Waals surface area contributed by atoms with Crippen LogP contribution in [-0.2, 0) is 0 Å². The highest BCUT2D eigenvalue weighted by atomic mass is 16.6. The van der Waals surface area contributed by atoms with Crippen molar-refractivity contribution in [3.8, 4) is 11.8 Å². The molecular formula is C12H14N2O4. The van der Waals surface area contributed by atoms with Crippen molar-refractivity contribution < 1.29 is 14.8 Å². The molecule has 1 aromatic carbocycles. The lowest BCUT2D eigenvalue weighted by atomic mass is 10.2. The summed E-state index contributed by atoms with van der Waals surface area (Å²) in [5, 5.41) is 28.0. The molecule has 0 bridgehead atoms. The highest BCUT2D eigenvalue weighted by molar-refractivity contribution is 5.50. The minimum atomic E-state index is -0.550. The number of hydrogen-bond donors (Lipinski definition) is 1. The Morgan fingerprint density at radius 1 is 1.39 bits per heavy atom. The maximum Gasteiger partial charge on any atom is 0.271 e. The fourth-order valence-electron chi connectivity index (χ4n) is 1.42. The fourth-order valence-corrected chi connectivity index (χ4v) is 1.42. The Labute approximate surface area is 105 Å². The second-order valence-electron chi connectivity index (χ2n) is 3.68. The Hall–Kier alpha value is -2.13. The van der Waals surface area contributed by atoms with Gasteiger partial charge in [0.15, 0.2) is 0 Å². The van der Waals surface area contributed by atoms with E-state index < -0.39 is 4.92 Å². The molecule has 1 N–H and O–H groups in total. The third-order valence-corrected chi connectivity index (χ3v) is 2.35. The van der Waals surface area contributed by atoms with Crippen LogP contribution in [0, 0.1) is 21.4 Å². The first-order chi connectivity index (χ1) is 8.69. The maximum atomic E-state index is 10.5. The number of non-ortho nitro benzene ring substituents is 1. The average molecular weight is 250 g/mol. The summed E-state index contributed by atoms with van der Waals surface area (Å²) in [6.45, 7) is 0.577. The fraction of sp³-hybridized carbons (Fsp3) is 0.417. The topological polar surface area (TPSA) is 96.4 Å². The molecule has 6 heteroatoms. The molecule has 0 unspecified atom stereocenters. The van der Waals surface area contributed by atoms with Crippen LogP contribution in [0.25, 0.3) is 0 Å². The number of nitrogens with zero attached hydrogens (tertiary/aromatic N) is 2. The monoisotopic (exact) mass is 250 g/mol. The first-order valence-electron chi connectivity index (χ1n) is 5.61. The maximum absolute atomic E-state index is 10.5. The number of benzene rings is 1. The van der Waals surface area contributed by atoms with Crippen LogP contribution in [0.3, 0.4) is 0 Å². The van der Waals surface area contributed by atoms with Crippen molar-refractivity contribution in [3.63, 3.8) is 0 Å². The molecule has 0 saturated heterocycles. The molecule has 0 aromatic heterocycles. The van der Waals surface area contributed by atoms with Crippen molar-refractivity contribution in [2.45, 2.75) is 19.3 Å². The van der Waals surface area contributed by atoms with Crippen LogP contribution < -0.4 is 4.74 Å². The van der Waals surface area contributed by atoms with Crippen LogP contribution in [0.15, 0.2) is 18.2 Å². The van der Waals surface area contributed by atoms with Gasteiger partial charge in [-0.05, 0) is 25.3 Å². The molecule has 0 heterocycles. The highest BCUT2D eigenvalue weighted by Gasteiger charge is 2.11. The van der Waals surface area contributed by atoms with Gasteiger partial charge in [0.05, 0.1) is 11.5 Å². The molecule has 1 rings (SSSR count). The summed E-state index contributed by atoms with van der Waals surface area (Å²) in [4.78, 5) is 9.99. The van der Waals surface area contributed by atoms with Crippen LogP contribution in [0.2, 0.25) is 0 Å². The lowest BCUT2D eigenvalue weighted by molar-refractivity contribution is -0.384. The molecule has 0 aliphatic rings. The quantitative estimate of drug-likeness (QED) is 0.453. The zero-order valence-electron chi connectivity index (χ0n) is 9.83. The molecule has 96 valence electrons. The smallest absolute Gasteiger partial charge is 0.271 e. The molecule has 0 radical (unpaired) electrons. The van der Waals surface area contributed by atoms with E-state index in [4.69, 9.17) is 15.1 Å². The first-order valence-corrected chi connectivity index (χ1v) is 5.61. The van der Waals surface area contributed by atoms with Gasteiger partial charge in [-0.3, -0.25) is 10.1 Å². The van der Waals surface area contributed by atoms with Crippen LogP contribution in [0.4, 0.5) is 5.69 Å². The number of nitriles is 1. The third kappa shape index (κ3) is 4.03. The number of aliphatic hydroxyl groups is 1. The van der Waals surface area contributed by atoms with E-state index in [1.54, 1.807) is 0 Å². The molecule has 0 saturated carbocycles. The predicted molar refractivity (Wildman–Crippen MR) is 64.2 cm³/mol. The van der Waals surface area contributed by atoms with E-state index in [0.29, 0.717) is 18.8 Å². The zero-order valence-corrected chi connectivity index (χ0v) is 9.83. The van der Waals surface area contributed by atoms with Gasteiger partial charge in [-0.25, -0.2) is 0 Å². The molecule has 0 amide bonds. The Kier molecular flexibility index (Phi) is 5.61. The zero-order chi connectivity index (χ0) is 13.4. The first kappa shape index (κ1) is 13.9. The van der Waals surface area contributed by atoms with Gasteiger partial charge in [-0.2, -0.15) is 5.26 Å². The second kappa shape index (κ2) is 7.25. The van der Waals surface area contributed by atoms with Gasteiger partial charge in [0.25, 0.3) is 5.69 Å². The minimum Gasteiger partial charge on any atom is -0.492 e. The van der Waals surface area contributed by atoms with E-state index in [-0.39, 0.29) is 17.9 Å². The molecule has 0 aliphatic heterocycles. The minimum absolute atomic E-state index is 0.126. The lowest BCUT2D eigenvalue weighted by Gasteiger charge is -2.07. The number of nitro benzene ring substituents is 1. The van der Waals surface area contributed by atoms with Crippen molar-refractivity contribution in [1.29, 1.82) is 5.26 Å². The lowest BCUT2D eigenvalue weighted by Crippen LogP contribution is -2.00. The summed E-state index contributed by atoms with van der Waals surface area (Å²) in [6.07, 6.45) is 2.32. The van der Waals surface area contributed by atoms with E-state index in [9.17, 15) is 10.1 Å². The number of rotatable bonds is 7. The van der Waals surface area contributed by atoms with E-state index in [1.165, 1.54) is 18.2 Å². The Morgan fingerprint density at radius 2 is 2.17 bits per heavy atom. The Balaban J connectivity index is 2.61. The molecule has 0 spiro atoms. The van der Waals surface area contributed by atoms with Gasteiger partial charge in [-0.15, -0.1) is 0 Å². The molecule has 6 nitrogen and oxygen atoms in total. The van der Waals surface area contributed by atoms with Crippen molar-refractivity contribution >= 4 is 5.69 Å². The number of hydrogen-bond acceptors (Lipinski definition) is 5. The highest BCUT2D eigenvalue weighted by Crippen LogP contribution is 2.23. The van der Waals surface area contributed by atoms with E-state index in [1.807, 2.05) is 6.07 Å². The van der Waals surface area contributed by atoms with Crippen LogP contribution in [0.5, 0.6) is 5.75 Å². The summed E-state index contributed by atoms with van der Waals surface area (Å²) in [5.41, 5.74) is 0.0329. The van der Waals surface area contributed by atoms with Gasteiger partial charge in [0.2, 0.25) is 0 Å². The molecule has 18 heavy (non-hydrogen) atoms. The second-order valence-corrected chi connectivity index (χ2v) is 3.68. The van der Waals surface area contributed by atoms with E-state index >= 15 is 0 Å². The number of ether oxygens (including phenoxy) is 1. The largest absolute Gasteiger partial charge is 0.492 e. The summed E-state index contributed by atoms with van der Waals surface area (Å²) < 4.78 is 5.38. The normalized spacial score (nSPS) is 9.78. The Bertz CT molecular complexity index is 454. The van der Waals surface area contributed by atoms with Gasteiger partial charge in [0.1, 0.15) is 17.4 Å². The standard InChI is InChI=1S/C12H14N2O4/c13-9-10-8-11(14(16)17)4-5-12(10)18-7-3-1-2-6-15/h4-5,8,15H,1-3,6-7H2. The van der Waals surface area contributed by atoms with Gasteiger partial charge in [0, 0.05) is 18.7 Å². The Morgan fingerprint density at radius 3 is 2.78 bits per heavy atom. The van der Waals surface area contributed by atoms with Crippen LogP contribution in [-0.4, -0.2) is 23.2 Å². The number of aliphatic hydroxyl groups excluding tert-OH is 1. The summed E-state index contributed by atoms with van der Waals surface area (Å²) in [6, 6.07) is 5.81. The number of nitro groups is 1. The van der Waals surface area contributed by atoms with Gasteiger partial charge >= 0.3 is 0 Å². The van der Waals surface area contributed by atoms with Crippen LogP contribution >= 0.6 is 0 Å². The predicted octanol–water partition coefficient (Wildman–Crippen LogP) is 2.01. The molecule has 0 atom stereocenters. The summed E-state index contributed by atoms with van der Waals surface area (Å²) in [7, 11) is 0. The molecule has 0 aliphatic carbocycles.